The average Bonchev–Trinajstić information content (AvgIpc) is 2.52. The summed E-state index contributed by atoms with van der Waals surface area (Å²) in [6.45, 7) is -0.376. The predicted molar refractivity (Wildman–Crippen MR) is 94.6 cm³/mol. The number of halogens is 1. The van der Waals surface area contributed by atoms with E-state index in [9.17, 15) is 9.59 Å². The average molecular weight is 407 g/mol. The van der Waals surface area contributed by atoms with Crippen LogP contribution in [-0.2, 0) is 9.59 Å². The van der Waals surface area contributed by atoms with Crippen molar-refractivity contribution in [2.45, 2.75) is 0 Å². The van der Waals surface area contributed by atoms with Gasteiger partial charge in [0.25, 0.3) is 5.91 Å². The Hall–Kier alpha value is -2.15. The van der Waals surface area contributed by atoms with Gasteiger partial charge in [-0.2, -0.15) is 0 Å². The molecule has 0 radical (unpaired) electrons. The van der Waals surface area contributed by atoms with E-state index in [1.165, 1.54) is 11.0 Å². The summed E-state index contributed by atoms with van der Waals surface area (Å²) in [4.78, 5) is 24.6. The first kappa shape index (κ1) is 16.2. The Morgan fingerprint density at radius 2 is 1.68 bits per heavy atom. The molecule has 0 saturated heterocycles. The Morgan fingerprint density at radius 1 is 1.05 bits per heavy atom. The van der Waals surface area contributed by atoms with Crippen LogP contribution in [0.3, 0.4) is 0 Å². The second-order valence-electron chi connectivity index (χ2n) is 4.54. The van der Waals surface area contributed by atoms with E-state index in [2.05, 4.69) is 22.6 Å². The molecule has 0 atom stereocenters. The topological polar surface area (TPSA) is 57.6 Å². The van der Waals surface area contributed by atoms with Gasteiger partial charge in [0.05, 0.1) is 0 Å². The number of carboxylic acid groups (broad SMARTS) is 1. The lowest BCUT2D eigenvalue weighted by atomic mass is 10.2. The van der Waals surface area contributed by atoms with Crippen LogP contribution >= 0.6 is 22.6 Å². The molecule has 112 valence electrons. The molecule has 4 nitrogen and oxygen atoms in total. The summed E-state index contributed by atoms with van der Waals surface area (Å²) in [5, 5.41) is 9.01. The summed E-state index contributed by atoms with van der Waals surface area (Å²) in [5.41, 5.74) is 1.44. The van der Waals surface area contributed by atoms with Gasteiger partial charge < -0.3 is 5.11 Å². The van der Waals surface area contributed by atoms with E-state index in [0.29, 0.717) is 5.69 Å². The maximum Gasteiger partial charge on any atom is 0.323 e. The molecule has 0 aliphatic rings. The van der Waals surface area contributed by atoms with Gasteiger partial charge in [0.2, 0.25) is 0 Å². The number of carbonyl (C=O) groups excluding carboxylic acids is 1. The van der Waals surface area contributed by atoms with Crippen LogP contribution in [0.5, 0.6) is 0 Å². The lowest BCUT2D eigenvalue weighted by Crippen LogP contribution is -2.34. The van der Waals surface area contributed by atoms with E-state index in [1.54, 1.807) is 18.2 Å². The number of carbonyl (C=O) groups is 2. The van der Waals surface area contributed by atoms with Crippen molar-refractivity contribution in [1.29, 1.82) is 0 Å². The van der Waals surface area contributed by atoms with Crippen LogP contribution in [0.2, 0.25) is 0 Å². The second kappa shape index (κ2) is 7.74. The highest BCUT2D eigenvalue weighted by molar-refractivity contribution is 14.1. The van der Waals surface area contributed by atoms with Crippen molar-refractivity contribution < 1.29 is 14.7 Å². The van der Waals surface area contributed by atoms with Gasteiger partial charge in [-0.1, -0.05) is 30.3 Å². The van der Waals surface area contributed by atoms with Crippen LogP contribution in [0.15, 0.2) is 60.7 Å². The standard InChI is InChI=1S/C17H14INO3/c18-14-7-9-15(10-8-14)19(12-17(21)22)16(20)11-6-13-4-2-1-3-5-13/h1-11H,12H2,(H,21,22)/b11-6+. The number of anilines is 1. The zero-order valence-corrected chi connectivity index (χ0v) is 13.8. The third kappa shape index (κ3) is 4.70. The van der Waals surface area contributed by atoms with Crippen molar-refractivity contribution in [3.05, 3.63) is 69.8 Å². The van der Waals surface area contributed by atoms with Crippen molar-refractivity contribution in [1.82, 2.24) is 0 Å². The molecule has 0 fully saturated rings. The Labute approximate surface area is 142 Å². The Morgan fingerprint density at radius 3 is 2.27 bits per heavy atom. The van der Waals surface area contributed by atoms with Crippen molar-refractivity contribution in [2.75, 3.05) is 11.4 Å². The highest BCUT2D eigenvalue weighted by atomic mass is 127. The fraction of sp³-hybridized carbons (Fsp3) is 0.0588. The minimum Gasteiger partial charge on any atom is -0.480 e. The van der Waals surface area contributed by atoms with Crippen LogP contribution in [-0.4, -0.2) is 23.5 Å². The van der Waals surface area contributed by atoms with E-state index >= 15 is 0 Å². The van der Waals surface area contributed by atoms with Crippen LogP contribution in [0.25, 0.3) is 6.08 Å². The quantitative estimate of drug-likeness (QED) is 0.611. The molecule has 0 bridgehead atoms. The van der Waals surface area contributed by atoms with Gasteiger partial charge in [-0.15, -0.1) is 0 Å². The molecule has 0 saturated carbocycles. The van der Waals surface area contributed by atoms with Gasteiger partial charge in [-0.3, -0.25) is 14.5 Å². The first-order valence-corrected chi connectivity index (χ1v) is 7.66. The molecule has 1 amide bonds. The first-order valence-electron chi connectivity index (χ1n) is 6.58. The Kier molecular flexibility index (Phi) is 5.71. The Balaban J connectivity index is 2.21. The van der Waals surface area contributed by atoms with E-state index in [-0.39, 0.29) is 12.5 Å². The van der Waals surface area contributed by atoms with Crippen molar-refractivity contribution in [3.63, 3.8) is 0 Å². The van der Waals surface area contributed by atoms with Crippen LogP contribution in [0.1, 0.15) is 5.56 Å². The van der Waals surface area contributed by atoms with E-state index < -0.39 is 5.97 Å². The molecule has 2 rings (SSSR count). The van der Waals surface area contributed by atoms with E-state index in [1.807, 2.05) is 42.5 Å². The first-order chi connectivity index (χ1) is 10.6. The summed E-state index contributed by atoms with van der Waals surface area (Å²) in [7, 11) is 0. The molecule has 0 unspecified atom stereocenters. The van der Waals surface area contributed by atoms with Crippen molar-refractivity contribution in [3.8, 4) is 0 Å². The third-order valence-corrected chi connectivity index (χ3v) is 3.63. The van der Waals surface area contributed by atoms with Gasteiger partial charge in [-0.05, 0) is 58.5 Å². The fourth-order valence-corrected chi connectivity index (χ4v) is 2.23. The predicted octanol–water partition coefficient (Wildman–Crippen LogP) is 3.42. The smallest absolute Gasteiger partial charge is 0.323 e. The maximum atomic E-state index is 12.3. The van der Waals surface area contributed by atoms with Gasteiger partial charge >= 0.3 is 5.97 Å². The number of benzene rings is 2. The van der Waals surface area contributed by atoms with Crippen LogP contribution in [0.4, 0.5) is 5.69 Å². The molecule has 0 aliphatic heterocycles. The van der Waals surface area contributed by atoms with Gasteiger partial charge in [0.15, 0.2) is 0 Å². The molecule has 22 heavy (non-hydrogen) atoms. The molecule has 0 aliphatic carbocycles. The minimum atomic E-state index is -1.06. The number of rotatable bonds is 5. The highest BCUT2D eigenvalue weighted by Gasteiger charge is 2.16. The van der Waals surface area contributed by atoms with Crippen LogP contribution in [0, 0.1) is 3.57 Å². The number of aliphatic carboxylic acids is 1. The second-order valence-corrected chi connectivity index (χ2v) is 5.78. The lowest BCUT2D eigenvalue weighted by Gasteiger charge is -2.19. The van der Waals surface area contributed by atoms with Gasteiger partial charge in [-0.25, -0.2) is 0 Å². The maximum absolute atomic E-state index is 12.3. The normalized spacial score (nSPS) is 10.6. The molecule has 1 N–H and O–H groups in total. The van der Waals surface area contributed by atoms with Crippen molar-refractivity contribution in [2.24, 2.45) is 0 Å². The van der Waals surface area contributed by atoms with E-state index in [4.69, 9.17) is 5.11 Å². The third-order valence-electron chi connectivity index (χ3n) is 2.92. The molecule has 2 aromatic rings. The zero-order chi connectivity index (χ0) is 15.9. The largest absolute Gasteiger partial charge is 0.480 e. The number of amides is 1. The molecular formula is C17H14INO3. The van der Waals surface area contributed by atoms with Gasteiger partial charge in [0.1, 0.15) is 6.54 Å². The molecule has 0 aromatic heterocycles. The fourth-order valence-electron chi connectivity index (χ4n) is 1.87. The molecular weight excluding hydrogens is 393 g/mol. The van der Waals surface area contributed by atoms with Crippen molar-refractivity contribution >= 4 is 46.2 Å². The Bertz CT molecular complexity index is 681. The summed E-state index contributed by atoms with van der Waals surface area (Å²) in [5.74, 6) is -1.42. The van der Waals surface area contributed by atoms with Gasteiger partial charge in [0, 0.05) is 15.3 Å². The van der Waals surface area contributed by atoms with E-state index in [0.717, 1.165) is 9.13 Å². The molecule has 2 aromatic carbocycles. The number of nitrogens with zero attached hydrogens (tertiary/aromatic N) is 1. The monoisotopic (exact) mass is 407 g/mol. The molecule has 0 heterocycles. The summed E-state index contributed by atoms with van der Waals surface area (Å²) in [6.07, 6.45) is 3.06. The van der Waals surface area contributed by atoms with Crippen LogP contribution < -0.4 is 4.90 Å². The SMILES string of the molecule is O=C(O)CN(C(=O)/C=C/c1ccccc1)c1ccc(I)cc1. The lowest BCUT2D eigenvalue weighted by molar-refractivity contribution is -0.136. The minimum absolute atomic E-state index is 0.368. The zero-order valence-electron chi connectivity index (χ0n) is 11.6. The summed E-state index contributed by atoms with van der Waals surface area (Å²) < 4.78 is 1.02. The summed E-state index contributed by atoms with van der Waals surface area (Å²) >= 11 is 2.15. The molecule has 0 spiro atoms. The molecule has 5 heteroatoms. The summed E-state index contributed by atoms with van der Waals surface area (Å²) in [6, 6.07) is 16.5. The number of hydrogen-bond acceptors (Lipinski definition) is 2. The number of hydrogen-bond donors (Lipinski definition) is 1. The number of carboxylic acids is 1. The highest BCUT2D eigenvalue weighted by Crippen LogP contribution is 2.17.